The monoisotopic (exact) mass is 330 g/mol. The van der Waals surface area contributed by atoms with Crippen molar-refractivity contribution in [3.63, 3.8) is 0 Å². The molecule has 1 saturated heterocycles. The van der Waals surface area contributed by atoms with Gasteiger partial charge in [0.25, 0.3) is 5.91 Å². The third-order valence-corrected chi connectivity index (χ3v) is 6.93. The van der Waals surface area contributed by atoms with E-state index in [4.69, 9.17) is 5.14 Å². The normalized spacial score (nSPS) is 17.5. The predicted octanol–water partition coefficient (Wildman–Crippen LogP) is 2.21. The molecule has 118 valence electrons. The van der Waals surface area contributed by atoms with Crippen LogP contribution in [0.25, 0.3) is 0 Å². The first-order valence-electron chi connectivity index (χ1n) is 7.12. The summed E-state index contributed by atoms with van der Waals surface area (Å²) in [6.07, 6.45) is 2.02. The van der Waals surface area contributed by atoms with Crippen LogP contribution in [0.5, 0.6) is 0 Å². The first kappa shape index (κ1) is 16.5. The van der Waals surface area contributed by atoms with E-state index in [2.05, 4.69) is 13.8 Å². The number of carbonyl (C=O) groups excluding carboxylic acids is 1. The number of nitrogens with zero attached hydrogens (tertiary/aromatic N) is 1. The molecule has 1 aromatic rings. The molecule has 2 N–H and O–H groups in total. The molecule has 2 heterocycles. The van der Waals surface area contributed by atoms with Crippen LogP contribution in [0.15, 0.2) is 9.59 Å². The molecule has 0 spiro atoms. The van der Waals surface area contributed by atoms with E-state index in [-0.39, 0.29) is 10.1 Å². The molecule has 7 heteroatoms. The Morgan fingerprint density at radius 2 is 1.95 bits per heavy atom. The molecule has 1 aliphatic rings. The molecule has 1 amide bonds. The molecular formula is C14H22N2O3S2. The van der Waals surface area contributed by atoms with Gasteiger partial charge in [-0.25, -0.2) is 13.6 Å². The molecule has 0 bridgehead atoms. The van der Waals surface area contributed by atoms with Crippen LogP contribution >= 0.6 is 11.3 Å². The quantitative estimate of drug-likeness (QED) is 0.922. The van der Waals surface area contributed by atoms with Crippen LogP contribution in [0.1, 0.15) is 42.6 Å². The van der Waals surface area contributed by atoms with Gasteiger partial charge in [-0.2, -0.15) is 0 Å². The standard InChI is InChI=1S/C14H22N2O3S2/c1-9(2)11-4-6-16(7-5-11)13(17)12-8-20-14(10(12)3)21(15,18)19/h8-9,11H,4-7H2,1-3H3,(H2,15,18,19). The Morgan fingerprint density at radius 3 is 2.38 bits per heavy atom. The maximum absolute atomic E-state index is 12.5. The van der Waals surface area contributed by atoms with Gasteiger partial charge in [0, 0.05) is 18.5 Å². The summed E-state index contributed by atoms with van der Waals surface area (Å²) in [5.41, 5.74) is 0.936. The second kappa shape index (κ2) is 6.06. The van der Waals surface area contributed by atoms with Crippen molar-refractivity contribution in [3.05, 3.63) is 16.5 Å². The Balaban J connectivity index is 2.14. The Labute approximate surface area is 130 Å². The number of hydrogen-bond donors (Lipinski definition) is 1. The van der Waals surface area contributed by atoms with Crippen molar-refractivity contribution in [2.24, 2.45) is 17.0 Å². The van der Waals surface area contributed by atoms with Crippen LogP contribution < -0.4 is 5.14 Å². The summed E-state index contributed by atoms with van der Waals surface area (Å²) in [7, 11) is -3.75. The summed E-state index contributed by atoms with van der Waals surface area (Å²) >= 11 is 1.02. The summed E-state index contributed by atoms with van der Waals surface area (Å²) in [6.45, 7) is 7.54. The van der Waals surface area contributed by atoms with E-state index >= 15 is 0 Å². The predicted molar refractivity (Wildman–Crippen MR) is 83.9 cm³/mol. The Morgan fingerprint density at radius 1 is 1.38 bits per heavy atom. The fourth-order valence-electron chi connectivity index (χ4n) is 2.83. The van der Waals surface area contributed by atoms with E-state index in [1.807, 2.05) is 4.90 Å². The van der Waals surface area contributed by atoms with Crippen LogP contribution in [0.2, 0.25) is 0 Å². The Kier molecular flexibility index (Phi) is 4.75. The molecule has 0 radical (unpaired) electrons. The van der Waals surface area contributed by atoms with Gasteiger partial charge in [-0.15, -0.1) is 11.3 Å². The summed E-state index contributed by atoms with van der Waals surface area (Å²) in [5.74, 6) is 1.22. The van der Waals surface area contributed by atoms with E-state index in [0.717, 1.165) is 37.3 Å². The molecule has 1 aromatic heterocycles. The highest BCUT2D eigenvalue weighted by molar-refractivity contribution is 7.91. The lowest BCUT2D eigenvalue weighted by molar-refractivity contribution is 0.0667. The third-order valence-electron chi connectivity index (χ3n) is 4.25. The number of rotatable bonds is 3. The van der Waals surface area contributed by atoms with Crippen LogP contribution in [0, 0.1) is 18.8 Å². The van der Waals surface area contributed by atoms with Gasteiger partial charge in [0.1, 0.15) is 4.21 Å². The van der Waals surface area contributed by atoms with Crippen molar-refractivity contribution >= 4 is 27.3 Å². The van der Waals surface area contributed by atoms with Gasteiger partial charge < -0.3 is 4.90 Å². The number of thiophene rings is 1. The smallest absolute Gasteiger partial charge is 0.255 e. The van der Waals surface area contributed by atoms with Gasteiger partial charge in [-0.05, 0) is 37.2 Å². The van der Waals surface area contributed by atoms with Crippen molar-refractivity contribution in [2.45, 2.75) is 37.8 Å². The second-order valence-electron chi connectivity index (χ2n) is 5.98. The molecule has 0 unspecified atom stereocenters. The van der Waals surface area contributed by atoms with Crippen molar-refractivity contribution in [1.29, 1.82) is 0 Å². The zero-order valence-electron chi connectivity index (χ0n) is 12.6. The number of piperidine rings is 1. The minimum atomic E-state index is -3.75. The molecule has 21 heavy (non-hydrogen) atoms. The molecule has 0 atom stereocenters. The number of hydrogen-bond acceptors (Lipinski definition) is 4. The summed E-state index contributed by atoms with van der Waals surface area (Å²) in [4.78, 5) is 14.4. The van der Waals surface area contributed by atoms with E-state index in [1.165, 1.54) is 0 Å². The van der Waals surface area contributed by atoms with Crippen molar-refractivity contribution in [2.75, 3.05) is 13.1 Å². The number of amides is 1. The fourth-order valence-corrected chi connectivity index (χ4v) is 4.84. The Bertz CT molecular complexity index is 627. The average Bonchev–Trinajstić information content (AvgIpc) is 2.79. The van der Waals surface area contributed by atoms with Gasteiger partial charge in [0.2, 0.25) is 10.0 Å². The molecular weight excluding hydrogens is 308 g/mol. The lowest BCUT2D eigenvalue weighted by Gasteiger charge is -2.33. The summed E-state index contributed by atoms with van der Waals surface area (Å²) < 4.78 is 23.0. The van der Waals surface area contributed by atoms with E-state index in [1.54, 1.807) is 12.3 Å². The van der Waals surface area contributed by atoms with Crippen LogP contribution in [0.4, 0.5) is 0 Å². The highest BCUT2D eigenvalue weighted by Gasteiger charge is 2.28. The van der Waals surface area contributed by atoms with Gasteiger partial charge >= 0.3 is 0 Å². The number of carbonyl (C=O) groups is 1. The molecule has 0 saturated carbocycles. The van der Waals surface area contributed by atoms with Crippen molar-refractivity contribution in [1.82, 2.24) is 4.90 Å². The molecule has 5 nitrogen and oxygen atoms in total. The van der Waals surface area contributed by atoms with Gasteiger partial charge in [0.15, 0.2) is 0 Å². The minimum absolute atomic E-state index is 0.0825. The molecule has 1 aliphatic heterocycles. The van der Waals surface area contributed by atoms with E-state index < -0.39 is 10.0 Å². The molecule has 0 aliphatic carbocycles. The van der Waals surface area contributed by atoms with Gasteiger partial charge in [0.05, 0.1) is 5.56 Å². The van der Waals surface area contributed by atoms with Crippen molar-refractivity contribution in [3.8, 4) is 0 Å². The van der Waals surface area contributed by atoms with Crippen LogP contribution in [0.3, 0.4) is 0 Å². The molecule has 1 fully saturated rings. The minimum Gasteiger partial charge on any atom is -0.339 e. The van der Waals surface area contributed by atoms with Crippen LogP contribution in [-0.2, 0) is 10.0 Å². The lowest BCUT2D eigenvalue weighted by atomic mass is 9.86. The molecule has 2 rings (SSSR count). The highest BCUT2D eigenvalue weighted by Crippen LogP contribution is 2.29. The first-order valence-corrected chi connectivity index (χ1v) is 9.54. The summed E-state index contributed by atoms with van der Waals surface area (Å²) in [5, 5.41) is 6.76. The maximum atomic E-state index is 12.5. The SMILES string of the molecule is Cc1c(C(=O)N2CCC(C(C)C)CC2)csc1S(N)(=O)=O. The first-order chi connectivity index (χ1) is 9.71. The van der Waals surface area contributed by atoms with E-state index in [9.17, 15) is 13.2 Å². The molecule has 0 aromatic carbocycles. The maximum Gasteiger partial charge on any atom is 0.255 e. The number of sulfonamides is 1. The Hall–Kier alpha value is -0.920. The van der Waals surface area contributed by atoms with E-state index in [0.29, 0.717) is 23.0 Å². The summed E-state index contributed by atoms with van der Waals surface area (Å²) in [6, 6.07) is 0. The topological polar surface area (TPSA) is 80.5 Å². The second-order valence-corrected chi connectivity index (χ2v) is 8.62. The third kappa shape index (κ3) is 3.46. The zero-order valence-corrected chi connectivity index (χ0v) is 14.3. The average molecular weight is 330 g/mol. The van der Waals surface area contributed by atoms with Crippen LogP contribution in [-0.4, -0.2) is 32.3 Å². The number of nitrogens with two attached hydrogens (primary N) is 1. The fraction of sp³-hybridized carbons (Fsp3) is 0.643. The highest BCUT2D eigenvalue weighted by atomic mass is 32.2. The van der Waals surface area contributed by atoms with Crippen molar-refractivity contribution < 1.29 is 13.2 Å². The largest absolute Gasteiger partial charge is 0.339 e. The number of likely N-dealkylation sites (tertiary alicyclic amines) is 1. The van der Waals surface area contributed by atoms with Gasteiger partial charge in [-0.1, -0.05) is 13.8 Å². The zero-order chi connectivity index (χ0) is 15.8. The number of primary sulfonamides is 1. The van der Waals surface area contributed by atoms with Gasteiger partial charge in [-0.3, -0.25) is 4.79 Å². The lowest BCUT2D eigenvalue weighted by Crippen LogP contribution is -2.39.